The summed E-state index contributed by atoms with van der Waals surface area (Å²) in [6.45, 7) is 6.61. The highest BCUT2D eigenvalue weighted by Crippen LogP contribution is 1.84. The molecule has 0 fully saturated rings. The van der Waals surface area contributed by atoms with Crippen molar-refractivity contribution in [1.82, 2.24) is 0 Å². The second-order valence-corrected chi connectivity index (χ2v) is 3.66. The maximum absolute atomic E-state index is 8.41. The van der Waals surface area contributed by atoms with Gasteiger partial charge in [-0.15, -0.1) is 0 Å². The molecule has 7 heteroatoms. The van der Waals surface area contributed by atoms with Crippen molar-refractivity contribution in [3.63, 3.8) is 0 Å². The SMILES string of the molecule is COCCOCCOCCOCCOCCO[CH]CO. The van der Waals surface area contributed by atoms with Crippen molar-refractivity contribution >= 4 is 0 Å². The average Bonchev–Trinajstić information content (AvgIpc) is 2.47. The maximum atomic E-state index is 8.41. The zero-order valence-electron chi connectivity index (χ0n) is 12.3. The van der Waals surface area contributed by atoms with E-state index in [4.69, 9.17) is 33.5 Å². The molecule has 1 N–H and O–H groups in total. The van der Waals surface area contributed by atoms with E-state index in [9.17, 15) is 0 Å². The second kappa shape index (κ2) is 18.7. The third-order valence-electron chi connectivity index (χ3n) is 2.09. The number of ether oxygens (including phenoxy) is 6. The van der Waals surface area contributed by atoms with Crippen LogP contribution in [0.15, 0.2) is 0 Å². The van der Waals surface area contributed by atoms with Crippen molar-refractivity contribution in [2.75, 3.05) is 79.8 Å². The van der Waals surface area contributed by atoms with Gasteiger partial charge >= 0.3 is 0 Å². The molecule has 0 saturated heterocycles. The van der Waals surface area contributed by atoms with Gasteiger partial charge in [-0.2, -0.15) is 0 Å². The highest BCUT2D eigenvalue weighted by Gasteiger charge is 1.93. The molecule has 20 heavy (non-hydrogen) atoms. The van der Waals surface area contributed by atoms with E-state index in [2.05, 4.69) is 0 Å². The van der Waals surface area contributed by atoms with Gasteiger partial charge in [0.1, 0.15) is 6.61 Å². The van der Waals surface area contributed by atoms with Gasteiger partial charge in [0.05, 0.1) is 72.7 Å². The molecule has 0 bridgehead atoms. The molecular weight excluding hydrogens is 268 g/mol. The van der Waals surface area contributed by atoms with Crippen LogP contribution < -0.4 is 0 Å². The molecule has 7 nitrogen and oxygen atoms in total. The summed E-state index contributed by atoms with van der Waals surface area (Å²) in [6, 6.07) is 0. The first-order chi connectivity index (χ1) is 9.91. The summed E-state index contributed by atoms with van der Waals surface area (Å²) in [7, 11) is 1.64. The zero-order valence-corrected chi connectivity index (χ0v) is 12.3. The highest BCUT2D eigenvalue weighted by molar-refractivity contribution is 4.43. The summed E-state index contributed by atoms with van der Waals surface area (Å²) in [5.41, 5.74) is 0. The van der Waals surface area contributed by atoms with Crippen LogP contribution in [-0.4, -0.2) is 84.9 Å². The summed E-state index contributed by atoms with van der Waals surface area (Å²) >= 11 is 0. The summed E-state index contributed by atoms with van der Waals surface area (Å²) in [5, 5.41) is 8.41. The van der Waals surface area contributed by atoms with Gasteiger partial charge in [0.2, 0.25) is 0 Å². The smallest absolute Gasteiger partial charge is 0.109 e. The van der Waals surface area contributed by atoms with E-state index < -0.39 is 0 Å². The van der Waals surface area contributed by atoms with Crippen molar-refractivity contribution in [1.29, 1.82) is 0 Å². The van der Waals surface area contributed by atoms with Gasteiger partial charge in [0.15, 0.2) is 0 Å². The molecule has 0 rings (SSSR count). The van der Waals surface area contributed by atoms with Crippen LogP contribution in [-0.2, 0) is 28.4 Å². The van der Waals surface area contributed by atoms with Crippen LogP contribution in [0.3, 0.4) is 0 Å². The van der Waals surface area contributed by atoms with Crippen molar-refractivity contribution in [2.24, 2.45) is 0 Å². The van der Waals surface area contributed by atoms with Crippen LogP contribution >= 0.6 is 0 Å². The fraction of sp³-hybridized carbons (Fsp3) is 0.923. The summed E-state index contributed by atoms with van der Waals surface area (Å²) in [4.78, 5) is 0. The van der Waals surface area contributed by atoms with Crippen LogP contribution in [0.2, 0.25) is 0 Å². The van der Waals surface area contributed by atoms with Gasteiger partial charge in [-0.25, -0.2) is 0 Å². The Morgan fingerprint density at radius 2 is 1.05 bits per heavy atom. The van der Waals surface area contributed by atoms with Gasteiger partial charge in [-0.05, 0) is 0 Å². The number of rotatable bonds is 17. The van der Waals surface area contributed by atoms with E-state index in [1.165, 1.54) is 6.61 Å². The van der Waals surface area contributed by atoms with Crippen LogP contribution in [0.25, 0.3) is 0 Å². The fourth-order valence-electron chi connectivity index (χ4n) is 1.15. The monoisotopic (exact) mass is 295 g/mol. The first-order valence-corrected chi connectivity index (χ1v) is 6.76. The third-order valence-corrected chi connectivity index (χ3v) is 2.09. The molecule has 0 spiro atoms. The minimum absolute atomic E-state index is 0.0828. The van der Waals surface area contributed by atoms with Crippen LogP contribution in [0.4, 0.5) is 0 Å². The highest BCUT2D eigenvalue weighted by atomic mass is 16.6. The van der Waals surface area contributed by atoms with Gasteiger partial charge in [-0.1, -0.05) is 0 Å². The number of methoxy groups -OCH3 is 1. The lowest BCUT2D eigenvalue weighted by Crippen LogP contribution is -2.13. The molecular formula is C13H27O7. The standard InChI is InChI=1S/C13H27O7/c1-15-4-5-17-8-9-19-12-13-20-11-10-18-7-6-16-3-2-14/h3,14H,2,4-13H2,1H3. The Hall–Kier alpha value is -0.280. The Balaban J connectivity index is 2.89. The molecule has 0 amide bonds. The first kappa shape index (κ1) is 19.7. The van der Waals surface area contributed by atoms with E-state index in [1.807, 2.05) is 0 Å². The summed E-state index contributed by atoms with van der Waals surface area (Å²) in [5.74, 6) is 0. The molecule has 0 saturated carbocycles. The molecule has 1 radical (unpaired) electrons. The summed E-state index contributed by atoms with van der Waals surface area (Å²) < 4.78 is 30.8. The number of hydrogen-bond acceptors (Lipinski definition) is 7. The van der Waals surface area contributed by atoms with Crippen LogP contribution in [0, 0.1) is 6.61 Å². The Kier molecular flexibility index (Phi) is 18.5. The Bertz CT molecular complexity index is 151. The van der Waals surface area contributed by atoms with E-state index in [0.29, 0.717) is 66.1 Å². The Morgan fingerprint density at radius 3 is 1.45 bits per heavy atom. The number of hydrogen-bond donors (Lipinski definition) is 1. The van der Waals surface area contributed by atoms with Crippen molar-refractivity contribution in [2.45, 2.75) is 0 Å². The predicted molar refractivity (Wildman–Crippen MR) is 72.5 cm³/mol. The van der Waals surface area contributed by atoms with E-state index >= 15 is 0 Å². The number of aliphatic hydroxyl groups excluding tert-OH is 1. The quantitative estimate of drug-likeness (QED) is 0.375. The van der Waals surface area contributed by atoms with Gasteiger partial charge in [-0.3, -0.25) is 0 Å². The molecule has 0 aliphatic heterocycles. The van der Waals surface area contributed by atoms with Crippen LogP contribution in [0.1, 0.15) is 0 Å². The van der Waals surface area contributed by atoms with Crippen molar-refractivity contribution in [3.8, 4) is 0 Å². The Labute approximate surface area is 121 Å². The maximum Gasteiger partial charge on any atom is 0.109 e. The molecule has 0 aromatic rings. The third kappa shape index (κ3) is 17.7. The minimum Gasteiger partial charge on any atom is -0.394 e. The van der Waals surface area contributed by atoms with Gasteiger partial charge in [0.25, 0.3) is 0 Å². The lowest BCUT2D eigenvalue weighted by Gasteiger charge is -2.07. The van der Waals surface area contributed by atoms with E-state index in [-0.39, 0.29) is 6.61 Å². The van der Waals surface area contributed by atoms with E-state index in [1.54, 1.807) is 7.11 Å². The lowest BCUT2D eigenvalue weighted by molar-refractivity contribution is -0.0127. The molecule has 0 aromatic carbocycles. The largest absolute Gasteiger partial charge is 0.394 e. The zero-order chi connectivity index (χ0) is 14.7. The molecule has 0 aliphatic carbocycles. The van der Waals surface area contributed by atoms with E-state index in [0.717, 1.165) is 0 Å². The fourth-order valence-corrected chi connectivity index (χ4v) is 1.15. The molecule has 0 aliphatic rings. The summed E-state index contributed by atoms with van der Waals surface area (Å²) in [6.07, 6.45) is 0. The molecule has 0 heterocycles. The first-order valence-electron chi connectivity index (χ1n) is 6.76. The molecule has 0 atom stereocenters. The Morgan fingerprint density at radius 1 is 0.650 bits per heavy atom. The molecule has 0 aromatic heterocycles. The molecule has 0 unspecified atom stereocenters. The number of aliphatic hydroxyl groups is 1. The van der Waals surface area contributed by atoms with Gasteiger partial charge in [0, 0.05) is 7.11 Å². The second-order valence-electron chi connectivity index (χ2n) is 3.66. The minimum atomic E-state index is -0.0828. The lowest BCUT2D eigenvalue weighted by atomic mass is 10.7. The normalized spacial score (nSPS) is 11.1. The van der Waals surface area contributed by atoms with Crippen molar-refractivity contribution in [3.05, 3.63) is 6.61 Å². The predicted octanol–water partition coefficient (Wildman–Crippen LogP) is -0.130. The average molecular weight is 295 g/mol. The topological polar surface area (TPSA) is 75.6 Å². The van der Waals surface area contributed by atoms with Crippen molar-refractivity contribution < 1.29 is 33.5 Å². The molecule has 121 valence electrons. The van der Waals surface area contributed by atoms with Crippen LogP contribution in [0.5, 0.6) is 0 Å². The van der Waals surface area contributed by atoms with Gasteiger partial charge < -0.3 is 33.5 Å².